The van der Waals surface area contributed by atoms with Crippen LogP contribution in [0.4, 0.5) is 0 Å². The van der Waals surface area contributed by atoms with E-state index in [0.717, 1.165) is 63.6 Å². The smallest absolute Gasteiger partial charge is 0.158 e. The molecule has 7 nitrogen and oxygen atoms in total. The summed E-state index contributed by atoms with van der Waals surface area (Å²) in [5.41, 5.74) is 1.67. The van der Waals surface area contributed by atoms with Gasteiger partial charge >= 0.3 is 0 Å². The molecule has 44 heavy (non-hydrogen) atoms. The van der Waals surface area contributed by atoms with Crippen molar-refractivity contribution in [3.63, 3.8) is 0 Å². The molecular formula is C36H53N2O5P. The zero-order valence-corrected chi connectivity index (χ0v) is 29.8. The van der Waals surface area contributed by atoms with E-state index in [2.05, 4.69) is 104 Å². The first kappa shape index (κ1) is 35.5. The molecule has 0 saturated heterocycles. The highest BCUT2D eigenvalue weighted by Gasteiger charge is 2.34. The van der Waals surface area contributed by atoms with Crippen LogP contribution in [0.2, 0.25) is 0 Å². The van der Waals surface area contributed by atoms with Crippen molar-refractivity contribution < 1.29 is 23.5 Å². The third-order valence-corrected chi connectivity index (χ3v) is 9.05. The van der Waals surface area contributed by atoms with Crippen molar-refractivity contribution in [2.24, 2.45) is 0 Å². The predicted molar refractivity (Wildman–Crippen MR) is 185 cm³/mol. The Balaban J connectivity index is 2.43. The SMILES string of the molecule is COc1cc(P(Oc2ccccc2)c2cc(OC)cc(C(C)(C)C)c2OCCN(C)C)c(OCCN(C)C)c(C(C)(C)C)c1. The second-order valence-corrected chi connectivity index (χ2v) is 15.3. The Hall–Kier alpha value is -2.99. The second-order valence-electron chi connectivity index (χ2n) is 13.5. The lowest BCUT2D eigenvalue weighted by molar-refractivity contribution is 0.257. The fourth-order valence-electron chi connectivity index (χ4n) is 4.61. The third kappa shape index (κ3) is 9.50. The third-order valence-electron chi connectivity index (χ3n) is 7.12. The Labute approximate surface area is 267 Å². The van der Waals surface area contributed by atoms with Crippen LogP contribution in [0.1, 0.15) is 52.7 Å². The largest absolute Gasteiger partial charge is 0.497 e. The van der Waals surface area contributed by atoms with Gasteiger partial charge in [0.25, 0.3) is 0 Å². The summed E-state index contributed by atoms with van der Waals surface area (Å²) in [4.78, 5) is 4.25. The lowest BCUT2D eigenvalue weighted by atomic mass is 9.86. The minimum Gasteiger partial charge on any atom is -0.497 e. The summed E-state index contributed by atoms with van der Waals surface area (Å²) in [6.07, 6.45) is 0. The molecule has 3 rings (SSSR count). The summed E-state index contributed by atoms with van der Waals surface area (Å²) in [6.45, 7) is 15.8. The standard InChI is InChI=1S/C36H53N2O5P/c1-35(2,3)29-22-27(39-11)24-31(33(29)41-20-18-37(7)8)44(43-26-16-14-13-15-17-26)32-25-28(40-12)23-30(36(4,5)6)34(32)42-21-19-38(9)10/h13-17,22-25H,18-21H2,1-12H3. The van der Waals surface area contributed by atoms with Crippen molar-refractivity contribution in [3.05, 3.63) is 65.7 Å². The summed E-state index contributed by atoms with van der Waals surface area (Å²) in [7, 11) is 10.1. The van der Waals surface area contributed by atoms with Gasteiger partial charge in [-0.2, -0.15) is 0 Å². The normalized spacial score (nSPS) is 12.2. The topological polar surface area (TPSA) is 52.6 Å². The van der Waals surface area contributed by atoms with Crippen molar-refractivity contribution >= 4 is 18.8 Å². The quantitative estimate of drug-likeness (QED) is 0.187. The minimum absolute atomic E-state index is 0.222. The molecule has 0 unspecified atom stereocenters. The van der Waals surface area contributed by atoms with Crippen molar-refractivity contribution in [2.45, 2.75) is 52.4 Å². The van der Waals surface area contributed by atoms with Gasteiger partial charge in [-0.15, -0.1) is 0 Å². The number of hydrogen-bond donors (Lipinski definition) is 0. The van der Waals surface area contributed by atoms with Crippen LogP contribution in [-0.4, -0.2) is 78.5 Å². The van der Waals surface area contributed by atoms with Crippen LogP contribution in [0.5, 0.6) is 28.7 Å². The Morgan fingerprint density at radius 2 is 1.00 bits per heavy atom. The van der Waals surface area contributed by atoms with Crippen LogP contribution in [0.25, 0.3) is 0 Å². The first-order chi connectivity index (χ1) is 20.6. The molecule has 0 fully saturated rings. The van der Waals surface area contributed by atoms with Gasteiger partial charge in [0.2, 0.25) is 0 Å². The number of methoxy groups -OCH3 is 2. The average molecular weight is 625 g/mol. The van der Waals surface area contributed by atoms with Crippen LogP contribution >= 0.6 is 8.15 Å². The summed E-state index contributed by atoms with van der Waals surface area (Å²) >= 11 is 0. The van der Waals surface area contributed by atoms with E-state index >= 15 is 0 Å². The van der Waals surface area contributed by atoms with E-state index in [1.165, 1.54) is 0 Å². The Morgan fingerprint density at radius 3 is 1.34 bits per heavy atom. The van der Waals surface area contributed by atoms with Gasteiger partial charge in [0.15, 0.2) is 8.15 Å². The van der Waals surface area contributed by atoms with Crippen molar-refractivity contribution in [2.75, 3.05) is 68.7 Å². The summed E-state index contributed by atoms with van der Waals surface area (Å²) in [5.74, 6) is 3.91. The molecule has 0 amide bonds. The fourth-order valence-corrected chi connectivity index (χ4v) is 6.62. The minimum atomic E-state index is -1.54. The maximum Gasteiger partial charge on any atom is 0.158 e. The van der Waals surface area contributed by atoms with Crippen molar-refractivity contribution in [1.82, 2.24) is 9.80 Å². The molecular weight excluding hydrogens is 571 g/mol. The van der Waals surface area contributed by atoms with Gasteiger partial charge in [-0.25, -0.2) is 0 Å². The van der Waals surface area contributed by atoms with Crippen LogP contribution in [0, 0.1) is 0 Å². The highest BCUT2D eigenvalue weighted by molar-refractivity contribution is 7.69. The van der Waals surface area contributed by atoms with Crippen LogP contribution < -0.4 is 34.1 Å². The maximum absolute atomic E-state index is 7.03. The molecule has 3 aromatic rings. The van der Waals surface area contributed by atoms with Gasteiger partial charge in [0.1, 0.15) is 42.0 Å². The molecule has 0 aliphatic carbocycles. The highest BCUT2D eigenvalue weighted by atomic mass is 31.1. The first-order valence-corrected chi connectivity index (χ1v) is 16.4. The predicted octanol–water partition coefficient (Wildman–Crippen LogP) is 6.61. The van der Waals surface area contributed by atoms with Gasteiger partial charge < -0.3 is 33.3 Å². The molecule has 0 radical (unpaired) electrons. The zero-order valence-electron chi connectivity index (χ0n) is 28.9. The van der Waals surface area contributed by atoms with Gasteiger partial charge in [0.05, 0.1) is 24.8 Å². The molecule has 0 aromatic heterocycles. The lowest BCUT2D eigenvalue weighted by Gasteiger charge is -2.31. The van der Waals surface area contributed by atoms with E-state index < -0.39 is 8.15 Å². The molecule has 0 aliphatic heterocycles. The molecule has 0 heterocycles. The Kier molecular flexibility index (Phi) is 12.4. The van der Waals surface area contributed by atoms with Crippen molar-refractivity contribution in [1.29, 1.82) is 0 Å². The number of rotatable bonds is 14. The molecule has 242 valence electrons. The Bertz CT molecular complexity index is 1260. The second kappa shape index (κ2) is 15.3. The summed E-state index contributed by atoms with van der Waals surface area (Å²) in [6, 6.07) is 18.3. The highest BCUT2D eigenvalue weighted by Crippen LogP contribution is 2.48. The van der Waals surface area contributed by atoms with Gasteiger partial charge in [-0.3, -0.25) is 0 Å². The molecule has 0 bridgehead atoms. The van der Waals surface area contributed by atoms with Gasteiger partial charge in [-0.05, 0) is 75.4 Å². The van der Waals surface area contributed by atoms with E-state index in [9.17, 15) is 0 Å². The first-order valence-electron chi connectivity index (χ1n) is 15.2. The van der Waals surface area contributed by atoms with E-state index in [4.69, 9.17) is 23.5 Å². The van der Waals surface area contributed by atoms with Crippen LogP contribution in [0.15, 0.2) is 54.6 Å². The molecule has 0 spiro atoms. The molecule has 0 saturated carbocycles. The number of para-hydroxylation sites is 1. The van der Waals surface area contributed by atoms with Gasteiger partial charge in [0, 0.05) is 24.2 Å². The average Bonchev–Trinajstić information content (AvgIpc) is 2.95. The van der Waals surface area contributed by atoms with Gasteiger partial charge in [-0.1, -0.05) is 59.7 Å². The van der Waals surface area contributed by atoms with Crippen LogP contribution in [0.3, 0.4) is 0 Å². The fraction of sp³-hybridized carbons (Fsp3) is 0.500. The van der Waals surface area contributed by atoms with E-state index in [0.29, 0.717) is 13.2 Å². The Morgan fingerprint density at radius 1 is 0.591 bits per heavy atom. The molecule has 8 heteroatoms. The number of hydrogen-bond acceptors (Lipinski definition) is 7. The lowest BCUT2D eigenvalue weighted by Crippen LogP contribution is -2.29. The van der Waals surface area contributed by atoms with Crippen LogP contribution in [-0.2, 0) is 10.8 Å². The number of nitrogens with zero attached hydrogens (tertiary/aromatic N) is 2. The molecule has 0 aliphatic rings. The van der Waals surface area contributed by atoms with Crippen molar-refractivity contribution in [3.8, 4) is 28.7 Å². The number of ether oxygens (including phenoxy) is 4. The summed E-state index contributed by atoms with van der Waals surface area (Å²) < 4.78 is 32.3. The van der Waals surface area contributed by atoms with E-state index in [1.54, 1.807) is 14.2 Å². The molecule has 0 atom stereocenters. The van der Waals surface area contributed by atoms with E-state index in [-0.39, 0.29) is 10.8 Å². The van der Waals surface area contributed by atoms with E-state index in [1.807, 2.05) is 30.3 Å². The monoisotopic (exact) mass is 624 g/mol. The number of benzene rings is 3. The molecule has 3 aromatic carbocycles. The molecule has 0 N–H and O–H groups in total. The zero-order chi connectivity index (χ0) is 32.7. The number of likely N-dealkylation sites (N-methyl/N-ethyl adjacent to an activating group) is 2. The maximum atomic E-state index is 7.03. The summed E-state index contributed by atoms with van der Waals surface area (Å²) in [5, 5.41) is 1.86.